The van der Waals surface area contributed by atoms with Crippen LogP contribution in [0.1, 0.15) is 37.8 Å². The number of hydrogen-bond acceptors (Lipinski definition) is 2. The molecule has 1 aromatic carbocycles. The van der Waals surface area contributed by atoms with Crippen LogP contribution in [0, 0.1) is 12.3 Å². The van der Waals surface area contributed by atoms with Crippen LogP contribution < -0.4 is 0 Å². The zero-order chi connectivity index (χ0) is 11.8. The van der Waals surface area contributed by atoms with E-state index in [9.17, 15) is 4.79 Å². The Kier molecular flexibility index (Phi) is 2.47. The summed E-state index contributed by atoms with van der Waals surface area (Å²) in [6.07, 6.45) is 3.60. The van der Waals surface area contributed by atoms with Gasteiger partial charge in [0.05, 0.1) is 5.54 Å². The van der Waals surface area contributed by atoms with Crippen molar-refractivity contribution in [1.82, 2.24) is 0 Å². The van der Waals surface area contributed by atoms with Crippen molar-refractivity contribution >= 4 is 6.08 Å². The van der Waals surface area contributed by atoms with Crippen LogP contribution in [0.3, 0.4) is 0 Å². The molecule has 0 amide bonds. The largest absolute Gasteiger partial charge is 0.235 e. The second kappa shape index (κ2) is 3.57. The van der Waals surface area contributed by atoms with Crippen molar-refractivity contribution in [2.45, 2.75) is 39.2 Å². The number of aliphatic imine (C=N–C) groups is 1. The maximum atomic E-state index is 10.6. The molecule has 2 heteroatoms. The van der Waals surface area contributed by atoms with Gasteiger partial charge in [-0.15, -0.1) is 0 Å². The van der Waals surface area contributed by atoms with E-state index in [1.807, 2.05) is 6.07 Å². The van der Waals surface area contributed by atoms with Gasteiger partial charge < -0.3 is 0 Å². The summed E-state index contributed by atoms with van der Waals surface area (Å²) in [7, 11) is 0. The Morgan fingerprint density at radius 1 is 1.31 bits per heavy atom. The molecule has 0 radical (unpaired) electrons. The van der Waals surface area contributed by atoms with Gasteiger partial charge in [-0.25, -0.2) is 4.79 Å². The van der Waals surface area contributed by atoms with Gasteiger partial charge in [0.25, 0.3) is 0 Å². The maximum Gasteiger partial charge on any atom is 0.235 e. The monoisotopic (exact) mass is 215 g/mol. The van der Waals surface area contributed by atoms with Crippen molar-refractivity contribution in [2.75, 3.05) is 0 Å². The number of isocyanates is 1. The molecule has 16 heavy (non-hydrogen) atoms. The van der Waals surface area contributed by atoms with Gasteiger partial charge in [0.15, 0.2) is 0 Å². The zero-order valence-electron chi connectivity index (χ0n) is 10.1. The molecule has 2 nitrogen and oxygen atoms in total. The molecule has 84 valence electrons. The second-order valence-corrected chi connectivity index (χ2v) is 5.62. The lowest BCUT2D eigenvalue weighted by Gasteiger charge is -2.50. The minimum atomic E-state index is -0.308. The quantitative estimate of drug-likeness (QED) is 0.549. The van der Waals surface area contributed by atoms with Crippen molar-refractivity contribution in [2.24, 2.45) is 10.4 Å². The Morgan fingerprint density at radius 2 is 2.00 bits per heavy atom. The van der Waals surface area contributed by atoms with Gasteiger partial charge in [-0.05, 0) is 30.7 Å². The van der Waals surface area contributed by atoms with Crippen molar-refractivity contribution in [1.29, 1.82) is 0 Å². The lowest BCUT2D eigenvalue weighted by Crippen LogP contribution is -2.45. The van der Waals surface area contributed by atoms with Crippen LogP contribution in [0.5, 0.6) is 0 Å². The summed E-state index contributed by atoms with van der Waals surface area (Å²) in [5, 5.41) is 0. The van der Waals surface area contributed by atoms with E-state index in [0.29, 0.717) is 0 Å². The van der Waals surface area contributed by atoms with E-state index in [1.54, 1.807) is 6.08 Å². The highest BCUT2D eigenvalue weighted by atomic mass is 16.1. The van der Waals surface area contributed by atoms with Crippen molar-refractivity contribution in [3.63, 3.8) is 0 Å². The molecule has 1 saturated carbocycles. The fourth-order valence-corrected chi connectivity index (χ4v) is 2.90. The predicted molar refractivity (Wildman–Crippen MR) is 64.0 cm³/mol. The molecular weight excluding hydrogens is 198 g/mol. The Morgan fingerprint density at radius 3 is 2.50 bits per heavy atom. The summed E-state index contributed by atoms with van der Waals surface area (Å²) in [5.41, 5.74) is 2.33. The van der Waals surface area contributed by atoms with Crippen LogP contribution >= 0.6 is 0 Å². The number of carbonyl (C=O) groups excluding carboxylic acids is 1. The van der Waals surface area contributed by atoms with Gasteiger partial charge in [0.1, 0.15) is 0 Å². The molecule has 0 unspecified atom stereocenters. The fourth-order valence-electron chi connectivity index (χ4n) is 2.90. The summed E-state index contributed by atoms with van der Waals surface area (Å²) in [5.74, 6) is 0. The number of nitrogens with zero attached hydrogens (tertiary/aromatic N) is 1. The van der Waals surface area contributed by atoms with Gasteiger partial charge in [0, 0.05) is 0 Å². The van der Waals surface area contributed by atoms with Gasteiger partial charge in [-0.3, -0.25) is 0 Å². The topological polar surface area (TPSA) is 29.4 Å². The van der Waals surface area contributed by atoms with E-state index in [0.717, 1.165) is 18.4 Å². The molecule has 1 aliphatic carbocycles. The average molecular weight is 215 g/mol. The molecule has 0 saturated heterocycles. The Balaban J connectivity index is 2.39. The highest BCUT2D eigenvalue weighted by Crippen LogP contribution is 2.56. The van der Waals surface area contributed by atoms with Gasteiger partial charge >= 0.3 is 0 Å². The number of hydrogen-bond donors (Lipinski definition) is 0. The summed E-state index contributed by atoms with van der Waals surface area (Å²) >= 11 is 0. The van der Waals surface area contributed by atoms with Crippen LogP contribution in [0.4, 0.5) is 0 Å². The molecule has 0 spiro atoms. The van der Waals surface area contributed by atoms with E-state index in [4.69, 9.17) is 0 Å². The summed E-state index contributed by atoms with van der Waals surface area (Å²) in [6.45, 7) is 6.48. The zero-order valence-corrected chi connectivity index (χ0v) is 10.1. The van der Waals surface area contributed by atoms with Crippen LogP contribution in [-0.4, -0.2) is 6.08 Å². The molecule has 1 aliphatic rings. The average Bonchev–Trinajstić information content (AvgIpc) is 2.15. The Hall–Kier alpha value is -1.40. The van der Waals surface area contributed by atoms with Crippen molar-refractivity contribution in [3.05, 3.63) is 35.4 Å². The first kappa shape index (κ1) is 11.1. The van der Waals surface area contributed by atoms with Crippen molar-refractivity contribution in [3.8, 4) is 0 Å². The van der Waals surface area contributed by atoms with Crippen LogP contribution in [-0.2, 0) is 10.3 Å². The third-order valence-electron chi connectivity index (χ3n) is 3.36. The highest BCUT2D eigenvalue weighted by molar-refractivity contribution is 5.41. The molecule has 0 bridgehead atoms. The third kappa shape index (κ3) is 1.81. The molecular formula is C14H17NO. The first-order valence-corrected chi connectivity index (χ1v) is 5.64. The number of rotatable bonds is 2. The first-order valence-electron chi connectivity index (χ1n) is 5.64. The molecule has 0 aromatic heterocycles. The van der Waals surface area contributed by atoms with Crippen LogP contribution in [0.2, 0.25) is 0 Å². The predicted octanol–water partition coefficient (Wildman–Crippen LogP) is 3.35. The summed E-state index contributed by atoms with van der Waals surface area (Å²) in [4.78, 5) is 14.7. The molecule has 2 rings (SSSR count). The second-order valence-electron chi connectivity index (χ2n) is 5.62. The minimum absolute atomic E-state index is 0.282. The summed E-state index contributed by atoms with van der Waals surface area (Å²) < 4.78 is 0. The first-order chi connectivity index (χ1) is 7.47. The van der Waals surface area contributed by atoms with Crippen LogP contribution in [0.15, 0.2) is 29.3 Å². The third-order valence-corrected chi connectivity index (χ3v) is 3.36. The maximum absolute atomic E-state index is 10.6. The Labute approximate surface area is 96.4 Å². The van der Waals surface area contributed by atoms with E-state index in [1.165, 1.54) is 5.56 Å². The highest BCUT2D eigenvalue weighted by Gasteiger charge is 2.50. The standard InChI is InChI=1S/C14H17NO/c1-11-5-4-6-12(7-11)14(15-10-16)8-13(2,3)9-14/h4-7H,8-9H2,1-3H3. The van der Waals surface area contributed by atoms with Crippen LogP contribution in [0.25, 0.3) is 0 Å². The van der Waals surface area contributed by atoms with Gasteiger partial charge in [-0.2, -0.15) is 4.99 Å². The van der Waals surface area contributed by atoms with Gasteiger partial charge in [-0.1, -0.05) is 43.7 Å². The molecule has 0 N–H and O–H groups in total. The Bertz CT molecular complexity index is 448. The van der Waals surface area contributed by atoms with E-state index < -0.39 is 0 Å². The molecule has 0 heterocycles. The fraction of sp³-hybridized carbons (Fsp3) is 0.500. The van der Waals surface area contributed by atoms with E-state index in [-0.39, 0.29) is 11.0 Å². The SMILES string of the molecule is Cc1cccc(C2(N=C=O)CC(C)(C)C2)c1. The molecule has 1 aromatic rings. The molecule has 0 aliphatic heterocycles. The molecule has 0 atom stereocenters. The normalized spacial score (nSPS) is 20.7. The lowest BCUT2D eigenvalue weighted by atomic mass is 9.57. The number of aryl methyl sites for hydroxylation is 1. The summed E-state index contributed by atoms with van der Waals surface area (Å²) in [6, 6.07) is 8.27. The van der Waals surface area contributed by atoms with E-state index >= 15 is 0 Å². The minimum Gasteiger partial charge on any atom is -0.211 e. The van der Waals surface area contributed by atoms with Gasteiger partial charge in [0.2, 0.25) is 6.08 Å². The molecule has 1 fully saturated rings. The lowest BCUT2D eigenvalue weighted by molar-refractivity contribution is 0.0638. The number of benzene rings is 1. The smallest absolute Gasteiger partial charge is 0.211 e. The van der Waals surface area contributed by atoms with Crippen molar-refractivity contribution < 1.29 is 4.79 Å². The van der Waals surface area contributed by atoms with E-state index in [2.05, 4.69) is 44.0 Å².